The van der Waals surface area contributed by atoms with Crippen LogP contribution in [0.3, 0.4) is 0 Å². The first-order chi connectivity index (χ1) is 7.99. The first-order valence-corrected chi connectivity index (χ1v) is 6.19. The minimum Gasteiger partial charge on any atom is -0.468 e. The Kier molecular flexibility index (Phi) is 4.74. The lowest BCUT2D eigenvalue weighted by molar-refractivity contribution is -0.140. The van der Waals surface area contributed by atoms with Gasteiger partial charge in [-0.25, -0.2) is 4.98 Å². The number of esters is 1. The van der Waals surface area contributed by atoms with E-state index >= 15 is 0 Å². The van der Waals surface area contributed by atoms with Gasteiger partial charge in [0.25, 0.3) is 5.56 Å². The second kappa shape index (κ2) is 5.86. The number of thioether (sulfide) groups is 1. The molecule has 1 N–H and O–H groups in total. The topological polar surface area (TPSA) is 72.0 Å². The summed E-state index contributed by atoms with van der Waals surface area (Å²) in [6.07, 6.45) is 0.619. The fraction of sp³-hybridized carbons (Fsp3) is 0.545. The van der Waals surface area contributed by atoms with Crippen molar-refractivity contribution in [2.24, 2.45) is 0 Å². The van der Waals surface area contributed by atoms with Crippen LogP contribution in [0.2, 0.25) is 0 Å². The predicted octanol–water partition coefficient (Wildman–Crippen LogP) is 1.43. The molecule has 0 aliphatic carbocycles. The first-order valence-electron chi connectivity index (χ1n) is 5.31. The summed E-state index contributed by atoms with van der Waals surface area (Å²) >= 11 is 1.22. The van der Waals surface area contributed by atoms with Crippen molar-refractivity contribution in [3.63, 3.8) is 0 Å². The maximum atomic E-state index is 11.5. The molecule has 94 valence electrons. The van der Waals surface area contributed by atoms with Gasteiger partial charge in [-0.05, 0) is 20.3 Å². The Hall–Kier alpha value is -1.30. The van der Waals surface area contributed by atoms with Crippen molar-refractivity contribution in [2.45, 2.75) is 37.6 Å². The molecule has 0 aliphatic rings. The Morgan fingerprint density at radius 3 is 2.65 bits per heavy atom. The van der Waals surface area contributed by atoms with Gasteiger partial charge >= 0.3 is 5.97 Å². The summed E-state index contributed by atoms with van der Waals surface area (Å²) in [7, 11) is 1.35. The van der Waals surface area contributed by atoms with Crippen LogP contribution >= 0.6 is 11.8 Å². The van der Waals surface area contributed by atoms with Crippen molar-refractivity contribution in [3.05, 3.63) is 21.6 Å². The van der Waals surface area contributed by atoms with Crippen molar-refractivity contribution in [2.75, 3.05) is 7.11 Å². The Morgan fingerprint density at radius 1 is 1.53 bits per heavy atom. The van der Waals surface area contributed by atoms with Crippen molar-refractivity contribution in [3.8, 4) is 0 Å². The Morgan fingerprint density at radius 2 is 2.18 bits per heavy atom. The molecule has 0 bridgehead atoms. The predicted molar refractivity (Wildman–Crippen MR) is 66.3 cm³/mol. The zero-order valence-electron chi connectivity index (χ0n) is 10.4. The lowest BCUT2D eigenvalue weighted by atomic mass is 10.3. The highest BCUT2D eigenvalue weighted by Gasteiger charge is 2.20. The Balaban J connectivity index is 2.95. The summed E-state index contributed by atoms with van der Waals surface area (Å²) in [4.78, 5) is 29.9. The summed E-state index contributed by atoms with van der Waals surface area (Å²) in [5.41, 5.74) is 1.11. The summed E-state index contributed by atoms with van der Waals surface area (Å²) in [6, 6.07) is 0. The summed E-state index contributed by atoms with van der Waals surface area (Å²) in [5, 5.41) is 0.112. The molecular weight excluding hydrogens is 240 g/mol. The summed E-state index contributed by atoms with van der Waals surface area (Å²) in [5.74, 6) is -0.307. The van der Waals surface area contributed by atoms with Gasteiger partial charge in [-0.15, -0.1) is 0 Å². The fourth-order valence-electron chi connectivity index (χ4n) is 1.24. The minimum absolute atomic E-state index is 0.167. The van der Waals surface area contributed by atoms with E-state index in [9.17, 15) is 9.59 Å². The average molecular weight is 256 g/mol. The second-order valence-corrected chi connectivity index (χ2v) is 4.81. The molecule has 0 aliphatic heterocycles. The van der Waals surface area contributed by atoms with Crippen LogP contribution in [-0.2, 0) is 9.53 Å². The third-order valence-electron chi connectivity index (χ3n) is 2.46. The van der Waals surface area contributed by atoms with Gasteiger partial charge in [-0.3, -0.25) is 9.59 Å². The average Bonchev–Trinajstić information content (AvgIpc) is 2.31. The highest BCUT2D eigenvalue weighted by Crippen LogP contribution is 2.22. The number of carbonyl (C=O) groups is 1. The molecule has 0 saturated carbocycles. The molecule has 0 spiro atoms. The van der Waals surface area contributed by atoms with E-state index < -0.39 is 0 Å². The number of aromatic nitrogens is 2. The zero-order chi connectivity index (χ0) is 13.0. The van der Waals surface area contributed by atoms with Gasteiger partial charge in [0.15, 0.2) is 5.16 Å². The van der Waals surface area contributed by atoms with Gasteiger partial charge in [0.2, 0.25) is 0 Å². The minimum atomic E-state index is -0.342. The molecule has 1 atom stereocenters. The van der Waals surface area contributed by atoms with Crippen LogP contribution in [-0.4, -0.2) is 28.3 Å². The van der Waals surface area contributed by atoms with Gasteiger partial charge in [0.05, 0.1) is 7.11 Å². The monoisotopic (exact) mass is 256 g/mol. The number of hydrogen-bond donors (Lipinski definition) is 1. The number of H-pyrrole nitrogens is 1. The van der Waals surface area contributed by atoms with E-state index in [0.29, 0.717) is 22.8 Å². The van der Waals surface area contributed by atoms with E-state index in [1.165, 1.54) is 18.9 Å². The number of aromatic amines is 1. The van der Waals surface area contributed by atoms with Crippen molar-refractivity contribution < 1.29 is 9.53 Å². The second-order valence-electron chi connectivity index (χ2n) is 3.62. The lowest BCUT2D eigenvalue weighted by Gasteiger charge is -2.11. The molecule has 1 rings (SSSR count). The van der Waals surface area contributed by atoms with Gasteiger partial charge in [-0.1, -0.05) is 18.7 Å². The van der Waals surface area contributed by atoms with E-state index in [-0.39, 0.29) is 16.8 Å². The third-order valence-corrected chi connectivity index (χ3v) is 3.69. The van der Waals surface area contributed by atoms with E-state index in [1.807, 2.05) is 6.92 Å². The quantitative estimate of drug-likeness (QED) is 0.501. The standard InChI is InChI=1S/C11H16N2O3S/c1-5-8(10(15)16-4)17-11-12-7(3)6(2)9(14)13-11/h8H,5H2,1-4H3,(H,12,13,14)/t8-/m1/s1. The first kappa shape index (κ1) is 13.8. The van der Waals surface area contributed by atoms with Crippen LogP contribution in [0.1, 0.15) is 24.6 Å². The van der Waals surface area contributed by atoms with Crippen LogP contribution in [0, 0.1) is 13.8 Å². The number of nitrogens with one attached hydrogen (secondary N) is 1. The van der Waals surface area contributed by atoms with Gasteiger partial charge in [0, 0.05) is 11.3 Å². The molecule has 0 radical (unpaired) electrons. The van der Waals surface area contributed by atoms with Crippen LogP contribution in [0.15, 0.2) is 9.95 Å². The molecule has 0 saturated heterocycles. The SMILES string of the molecule is CC[C@@H](Sc1nc(C)c(C)c(=O)[nH]1)C(=O)OC. The van der Waals surface area contributed by atoms with E-state index in [2.05, 4.69) is 14.7 Å². The number of rotatable bonds is 4. The fourth-order valence-corrected chi connectivity index (χ4v) is 2.21. The molecule has 1 aromatic rings. The number of methoxy groups -OCH3 is 1. The van der Waals surface area contributed by atoms with Gasteiger partial charge < -0.3 is 9.72 Å². The number of nitrogens with zero attached hydrogens (tertiary/aromatic N) is 1. The number of aryl methyl sites for hydroxylation is 1. The number of carbonyl (C=O) groups excluding carboxylic acids is 1. The van der Waals surface area contributed by atoms with Crippen LogP contribution in [0.25, 0.3) is 0 Å². The highest BCUT2D eigenvalue weighted by atomic mass is 32.2. The normalized spacial score (nSPS) is 12.2. The molecule has 1 heterocycles. The van der Waals surface area contributed by atoms with Crippen LogP contribution in [0.5, 0.6) is 0 Å². The number of ether oxygens (including phenoxy) is 1. The summed E-state index contributed by atoms with van der Waals surface area (Å²) in [6.45, 7) is 5.37. The van der Waals surface area contributed by atoms with Crippen molar-refractivity contribution in [1.29, 1.82) is 0 Å². The molecule has 0 unspecified atom stereocenters. The largest absolute Gasteiger partial charge is 0.468 e. The maximum absolute atomic E-state index is 11.5. The van der Waals surface area contributed by atoms with Crippen molar-refractivity contribution in [1.82, 2.24) is 9.97 Å². The van der Waals surface area contributed by atoms with Crippen LogP contribution in [0.4, 0.5) is 0 Å². The molecule has 5 nitrogen and oxygen atoms in total. The third kappa shape index (κ3) is 3.33. The van der Waals surface area contributed by atoms with Crippen LogP contribution < -0.4 is 5.56 Å². The molecule has 1 aromatic heterocycles. The molecular formula is C11H16N2O3S. The van der Waals surface area contributed by atoms with Crippen molar-refractivity contribution >= 4 is 17.7 Å². The molecule has 0 amide bonds. The molecule has 0 fully saturated rings. The smallest absolute Gasteiger partial charge is 0.319 e. The molecule has 0 aromatic carbocycles. The highest BCUT2D eigenvalue weighted by molar-refractivity contribution is 8.00. The van der Waals surface area contributed by atoms with E-state index in [0.717, 1.165) is 0 Å². The Labute approximate surface area is 104 Å². The van der Waals surface area contributed by atoms with E-state index in [4.69, 9.17) is 0 Å². The summed E-state index contributed by atoms with van der Waals surface area (Å²) < 4.78 is 4.68. The van der Waals surface area contributed by atoms with E-state index in [1.54, 1.807) is 13.8 Å². The lowest BCUT2D eigenvalue weighted by Crippen LogP contribution is -2.20. The Bertz CT molecular complexity index is 470. The molecule has 6 heteroatoms. The van der Waals surface area contributed by atoms with Gasteiger partial charge in [0.1, 0.15) is 5.25 Å². The van der Waals surface area contributed by atoms with Gasteiger partial charge in [-0.2, -0.15) is 0 Å². The zero-order valence-corrected chi connectivity index (χ0v) is 11.2. The maximum Gasteiger partial charge on any atom is 0.319 e. The molecule has 17 heavy (non-hydrogen) atoms. The number of hydrogen-bond acceptors (Lipinski definition) is 5.